The molecule has 0 radical (unpaired) electrons. The lowest BCUT2D eigenvalue weighted by Crippen LogP contribution is -2.35. The molecule has 4 rings (SSSR count). The first-order chi connectivity index (χ1) is 13.5. The molecule has 0 bridgehead atoms. The number of ether oxygens (including phenoxy) is 2. The summed E-state index contributed by atoms with van der Waals surface area (Å²) in [5, 5.41) is 2.79. The Labute approximate surface area is 163 Å². The summed E-state index contributed by atoms with van der Waals surface area (Å²) in [6.07, 6.45) is 5.55. The van der Waals surface area contributed by atoms with Crippen LogP contribution in [0.5, 0.6) is 11.5 Å². The molecule has 0 spiro atoms. The van der Waals surface area contributed by atoms with Crippen molar-refractivity contribution >= 4 is 15.9 Å². The van der Waals surface area contributed by atoms with Gasteiger partial charge < -0.3 is 19.4 Å². The van der Waals surface area contributed by atoms with E-state index in [1.165, 1.54) is 21.4 Å². The van der Waals surface area contributed by atoms with Crippen LogP contribution in [-0.2, 0) is 27.9 Å². The van der Waals surface area contributed by atoms with Crippen molar-refractivity contribution in [2.75, 3.05) is 19.9 Å². The maximum atomic E-state index is 12.6. The van der Waals surface area contributed by atoms with E-state index in [-0.39, 0.29) is 24.3 Å². The highest BCUT2D eigenvalue weighted by Crippen LogP contribution is 2.32. The van der Waals surface area contributed by atoms with E-state index in [0.29, 0.717) is 31.1 Å². The number of imidazole rings is 1. The molecule has 9 nitrogen and oxygen atoms in total. The van der Waals surface area contributed by atoms with E-state index < -0.39 is 10.0 Å². The molecule has 10 heteroatoms. The van der Waals surface area contributed by atoms with Crippen LogP contribution in [0.4, 0.5) is 0 Å². The molecule has 1 aromatic carbocycles. The van der Waals surface area contributed by atoms with Crippen LogP contribution in [0.1, 0.15) is 24.8 Å². The van der Waals surface area contributed by atoms with E-state index in [1.807, 2.05) is 12.1 Å². The fourth-order valence-corrected chi connectivity index (χ4v) is 4.72. The maximum absolute atomic E-state index is 12.6. The van der Waals surface area contributed by atoms with Crippen LogP contribution in [0.15, 0.2) is 35.7 Å². The van der Waals surface area contributed by atoms with Crippen molar-refractivity contribution < 1.29 is 22.7 Å². The molecular formula is C18H22N4O5S. The van der Waals surface area contributed by atoms with Crippen molar-refractivity contribution in [1.29, 1.82) is 0 Å². The number of hydrogen-bond acceptors (Lipinski definition) is 6. The molecule has 0 atom stereocenters. The Bertz CT molecular complexity index is 966. The molecule has 1 fully saturated rings. The Morgan fingerprint density at radius 3 is 2.75 bits per heavy atom. The summed E-state index contributed by atoms with van der Waals surface area (Å²) in [5.74, 6) is 1.11. The van der Waals surface area contributed by atoms with Gasteiger partial charge in [0.25, 0.3) is 10.0 Å². The van der Waals surface area contributed by atoms with E-state index >= 15 is 0 Å². The highest BCUT2D eigenvalue weighted by Gasteiger charge is 2.28. The molecule has 2 aliphatic heterocycles. The number of hydrogen-bond donors (Lipinski definition) is 1. The fraction of sp³-hybridized carbons (Fsp3) is 0.444. The Morgan fingerprint density at radius 2 is 1.93 bits per heavy atom. The maximum Gasteiger partial charge on any atom is 0.262 e. The number of rotatable bonds is 6. The van der Waals surface area contributed by atoms with Gasteiger partial charge in [-0.25, -0.2) is 13.4 Å². The molecule has 1 N–H and O–H groups in total. The summed E-state index contributed by atoms with van der Waals surface area (Å²) in [4.78, 5) is 16.2. The van der Waals surface area contributed by atoms with E-state index in [1.54, 1.807) is 6.07 Å². The molecule has 1 aromatic heterocycles. The van der Waals surface area contributed by atoms with Crippen LogP contribution in [0.3, 0.4) is 0 Å². The van der Waals surface area contributed by atoms with Gasteiger partial charge in [-0.2, -0.15) is 4.31 Å². The predicted octanol–water partition coefficient (Wildman–Crippen LogP) is 1.10. The summed E-state index contributed by atoms with van der Waals surface area (Å²) >= 11 is 0. The zero-order chi connectivity index (χ0) is 19.6. The molecule has 0 aliphatic carbocycles. The number of nitrogens with one attached hydrogen (secondary N) is 1. The molecule has 0 saturated carbocycles. The second kappa shape index (κ2) is 7.80. The number of aromatic nitrogens is 2. The minimum Gasteiger partial charge on any atom is -0.454 e. The topological polar surface area (TPSA) is 103 Å². The minimum absolute atomic E-state index is 0.00687. The zero-order valence-corrected chi connectivity index (χ0v) is 16.2. The standard InChI is InChI=1S/C18H22N4O5S/c23-17(19-9-14-4-5-15-16(8-14)27-13-26-15)10-21-11-18(20-12-21)28(24,25)22-6-2-1-3-7-22/h4-5,8,11-12H,1-3,6-7,9-10,13H2,(H,19,23). The van der Waals surface area contributed by atoms with Gasteiger partial charge in [0.15, 0.2) is 16.5 Å². The number of nitrogens with zero attached hydrogens (tertiary/aromatic N) is 3. The van der Waals surface area contributed by atoms with Gasteiger partial charge in [0.05, 0.1) is 6.33 Å². The van der Waals surface area contributed by atoms with Crippen molar-refractivity contribution in [3.05, 3.63) is 36.3 Å². The summed E-state index contributed by atoms with van der Waals surface area (Å²) in [7, 11) is -3.59. The van der Waals surface area contributed by atoms with E-state index in [2.05, 4.69) is 10.3 Å². The highest BCUT2D eigenvalue weighted by atomic mass is 32.2. The Balaban J connectivity index is 1.34. The van der Waals surface area contributed by atoms with E-state index in [4.69, 9.17) is 9.47 Å². The van der Waals surface area contributed by atoms with Crippen LogP contribution in [0.2, 0.25) is 0 Å². The third-order valence-electron chi connectivity index (χ3n) is 4.78. The van der Waals surface area contributed by atoms with Crippen LogP contribution in [0, 0.1) is 0 Å². The quantitative estimate of drug-likeness (QED) is 0.771. The molecular weight excluding hydrogens is 384 g/mol. The van der Waals surface area contributed by atoms with Gasteiger partial charge in [-0.05, 0) is 30.5 Å². The first kappa shape index (κ1) is 18.8. The van der Waals surface area contributed by atoms with Gasteiger partial charge in [-0.3, -0.25) is 4.79 Å². The number of fused-ring (bicyclic) bond motifs is 1. The normalized spacial score (nSPS) is 16.9. The number of carbonyl (C=O) groups excluding carboxylic acids is 1. The molecule has 28 heavy (non-hydrogen) atoms. The number of piperidine rings is 1. The highest BCUT2D eigenvalue weighted by molar-refractivity contribution is 7.89. The van der Waals surface area contributed by atoms with Crippen molar-refractivity contribution in [2.24, 2.45) is 0 Å². The smallest absolute Gasteiger partial charge is 0.262 e. The van der Waals surface area contributed by atoms with E-state index in [0.717, 1.165) is 24.8 Å². The van der Waals surface area contributed by atoms with Crippen LogP contribution in [0.25, 0.3) is 0 Å². The molecule has 0 unspecified atom stereocenters. The SMILES string of the molecule is O=C(Cn1cnc(S(=O)(=O)N2CCCCC2)c1)NCc1ccc2c(c1)OCO2. The average Bonchev–Trinajstić information content (AvgIpc) is 3.36. The minimum atomic E-state index is -3.59. The average molecular weight is 406 g/mol. The first-order valence-corrected chi connectivity index (χ1v) is 10.6. The van der Waals surface area contributed by atoms with Gasteiger partial charge >= 0.3 is 0 Å². The Kier molecular flexibility index (Phi) is 5.23. The molecule has 1 amide bonds. The summed E-state index contributed by atoms with van der Waals surface area (Å²) in [6, 6.07) is 5.48. The van der Waals surface area contributed by atoms with Crippen LogP contribution >= 0.6 is 0 Å². The third-order valence-corrected chi connectivity index (χ3v) is 6.57. The molecule has 150 valence electrons. The first-order valence-electron chi connectivity index (χ1n) is 9.19. The molecule has 2 aromatic rings. The lowest BCUT2D eigenvalue weighted by atomic mass is 10.2. The predicted molar refractivity (Wildman–Crippen MR) is 99.2 cm³/mol. The van der Waals surface area contributed by atoms with Gasteiger partial charge in [0.2, 0.25) is 12.7 Å². The van der Waals surface area contributed by atoms with Crippen molar-refractivity contribution in [3.8, 4) is 11.5 Å². The van der Waals surface area contributed by atoms with Gasteiger partial charge in [-0.1, -0.05) is 12.5 Å². The van der Waals surface area contributed by atoms with Crippen LogP contribution in [-0.4, -0.2) is 48.1 Å². The van der Waals surface area contributed by atoms with Crippen molar-refractivity contribution in [1.82, 2.24) is 19.2 Å². The number of benzene rings is 1. The zero-order valence-electron chi connectivity index (χ0n) is 15.3. The number of carbonyl (C=O) groups is 1. The molecule has 1 saturated heterocycles. The van der Waals surface area contributed by atoms with Crippen LogP contribution < -0.4 is 14.8 Å². The fourth-order valence-electron chi connectivity index (χ4n) is 3.27. The molecule has 3 heterocycles. The van der Waals surface area contributed by atoms with Gasteiger partial charge in [0, 0.05) is 25.8 Å². The molecule has 2 aliphatic rings. The van der Waals surface area contributed by atoms with Crippen molar-refractivity contribution in [3.63, 3.8) is 0 Å². The number of sulfonamides is 1. The Hall–Kier alpha value is -2.59. The summed E-state index contributed by atoms with van der Waals surface area (Å²) in [6.45, 7) is 1.57. The van der Waals surface area contributed by atoms with Gasteiger partial charge in [-0.15, -0.1) is 0 Å². The second-order valence-electron chi connectivity index (χ2n) is 6.81. The summed E-state index contributed by atoms with van der Waals surface area (Å²) < 4.78 is 38.8. The second-order valence-corrected chi connectivity index (χ2v) is 8.70. The van der Waals surface area contributed by atoms with E-state index in [9.17, 15) is 13.2 Å². The largest absolute Gasteiger partial charge is 0.454 e. The third kappa shape index (κ3) is 3.97. The summed E-state index contributed by atoms with van der Waals surface area (Å²) in [5.41, 5.74) is 0.886. The lowest BCUT2D eigenvalue weighted by molar-refractivity contribution is -0.121. The number of amides is 1. The monoisotopic (exact) mass is 406 g/mol. The van der Waals surface area contributed by atoms with Crippen molar-refractivity contribution in [2.45, 2.75) is 37.4 Å². The lowest BCUT2D eigenvalue weighted by Gasteiger charge is -2.24. The Morgan fingerprint density at radius 1 is 1.14 bits per heavy atom. The van der Waals surface area contributed by atoms with Gasteiger partial charge in [0.1, 0.15) is 6.54 Å².